The van der Waals surface area contributed by atoms with E-state index in [1.165, 1.54) is 71.4 Å². The number of nitrogens with zero attached hydrogens (tertiary/aromatic N) is 1. The summed E-state index contributed by atoms with van der Waals surface area (Å²) in [6.45, 7) is 4.73. The molecule has 1 heterocycles. The molecule has 0 bridgehead atoms. The maximum atomic E-state index is 6.71. The molecule has 65 heavy (non-hydrogen) atoms. The van der Waals surface area contributed by atoms with Crippen LogP contribution in [0.15, 0.2) is 229 Å². The topological polar surface area (TPSA) is 16.4 Å². The highest BCUT2D eigenvalue weighted by atomic mass is 16.3. The minimum absolute atomic E-state index is 0.114. The first-order chi connectivity index (χ1) is 32.0. The summed E-state index contributed by atoms with van der Waals surface area (Å²) in [4.78, 5) is 2.42. The van der Waals surface area contributed by atoms with Gasteiger partial charge in [-0.3, -0.25) is 0 Å². The first-order valence-corrected chi connectivity index (χ1v) is 22.6. The van der Waals surface area contributed by atoms with Crippen LogP contribution >= 0.6 is 0 Å². The van der Waals surface area contributed by atoms with E-state index in [1.807, 2.05) is 0 Å². The number of hydrogen-bond acceptors (Lipinski definition) is 2. The Kier molecular flexibility index (Phi) is 8.29. The summed E-state index contributed by atoms with van der Waals surface area (Å²) in [5.74, 6) is 0. The van der Waals surface area contributed by atoms with Gasteiger partial charge in [-0.1, -0.05) is 190 Å². The third-order valence-electron chi connectivity index (χ3n) is 14.0. The van der Waals surface area contributed by atoms with Crippen molar-refractivity contribution in [3.05, 3.63) is 236 Å². The van der Waals surface area contributed by atoms with Gasteiger partial charge in [0.1, 0.15) is 11.2 Å². The zero-order valence-electron chi connectivity index (χ0n) is 36.2. The van der Waals surface area contributed by atoms with E-state index in [4.69, 9.17) is 4.42 Å². The first-order valence-electron chi connectivity index (χ1n) is 22.6. The summed E-state index contributed by atoms with van der Waals surface area (Å²) >= 11 is 0. The van der Waals surface area contributed by atoms with Gasteiger partial charge in [-0.15, -0.1) is 0 Å². The number of fused-ring (bicyclic) bond motifs is 11. The van der Waals surface area contributed by atoms with Gasteiger partial charge in [-0.05, 0) is 126 Å². The van der Waals surface area contributed by atoms with Crippen molar-refractivity contribution < 1.29 is 4.42 Å². The molecule has 2 heteroatoms. The van der Waals surface area contributed by atoms with Crippen LogP contribution in [0, 0.1) is 0 Å². The van der Waals surface area contributed by atoms with Crippen LogP contribution < -0.4 is 4.90 Å². The third-order valence-corrected chi connectivity index (χ3v) is 14.0. The second-order valence-corrected chi connectivity index (χ2v) is 18.0. The third kappa shape index (κ3) is 5.81. The van der Waals surface area contributed by atoms with E-state index in [9.17, 15) is 0 Å². The van der Waals surface area contributed by atoms with Gasteiger partial charge in [0.2, 0.25) is 0 Å². The van der Waals surface area contributed by atoms with E-state index in [2.05, 4.69) is 243 Å². The van der Waals surface area contributed by atoms with Gasteiger partial charge >= 0.3 is 0 Å². The maximum absolute atomic E-state index is 6.71. The molecule has 1 aliphatic carbocycles. The van der Waals surface area contributed by atoms with E-state index < -0.39 is 0 Å². The lowest BCUT2D eigenvalue weighted by Crippen LogP contribution is -2.16. The number of anilines is 3. The SMILES string of the molecule is CC1(C)c2ccccc2-c2cccc(-c3ccc(N(c4ccc(-c5ccc6c(ccc7ccccc76)c5)cc4)c4ccccc4-c4cccc5oc6c7ccccc7ccc6c45)cc3)c21. The second kappa shape index (κ2) is 14.4. The van der Waals surface area contributed by atoms with Crippen LogP contribution in [-0.4, -0.2) is 0 Å². The molecule has 0 saturated carbocycles. The number of hydrogen-bond donors (Lipinski definition) is 0. The summed E-state index contributed by atoms with van der Waals surface area (Å²) in [7, 11) is 0. The van der Waals surface area contributed by atoms with Gasteiger partial charge in [0, 0.05) is 38.5 Å². The molecule has 0 amide bonds. The molecule has 1 aromatic heterocycles. The molecule has 0 aliphatic heterocycles. The highest BCUT2D eigenvalue weighted by Crippen LogP contribution is 2.53. The summed E-state index contributed by atoms with van der Waals surface area (Å²) < 4.78 is 6.71. The zero-order chi connectivity index (χ0) is 43.2. The van der Waals surface area contributed by atoms with E-state index in [1.54, 1.807) is 0 Å². The Labute approximate surface area is 378 Å². The van der Waals surface area contributed by atoms with Crippen molar-refractivity contribution in [2.45, 2.75) is 19.3 Å². The van der Waals surface area contributed by atoms with E-state index in [0.29, 0.717) is 0 Å². The smallest absolute Gasteiger partial charge is 0.143 e. The monoisotopic (exact) mass is 829 g/mol. The fraction of sp³-hybridized carbons (Fsp3) is 0.0476. The normalized spacial score (nSPS) is 12.9. The standard InChI is InChI=1S/C63H43NO/c1-63(2)57-22-9-7-17-52(57)55-21-11-19-50(61(55)63)43-29-35-47(36-30-43)64(46-33-27-40(28-34-46)44-32-37-49-45(39-44)26-25-41-13-3-5-15-48(41)49)58-23-10-8-18-53(58)54-20-12-24-59-60(54)56-38-31-42-14-4-6-16-51(42)62(56)65-59/h3-39H,1-2H3. The van der Waals surface area contributed by atoms with Crippen molar-refractivity contribution in [1.82, 2.24) is 0 Å². The van der Waals surface area contributed by atoms with Crippen LogP contribution in [0.3, 0.4) is 0 Å². The van der Waals surface area contributed by atoms with E-state index in [0.717, 1.165) is 55.5 Å². The predicted molar refractivity (Wildman–Crippen MR) is 275 cm³/mol. The molecule has 0 atom stereocenters. The van der Waals surface area contributed by atoms with Crippen LogP contribution in [0.25, 0.3) is 98.8 Å². The Bertz CT molecular complexity index is 3850. The summed E-state index contributed by atoms with van der Waals surface area (Å²) in [5, 5.41) is 9.60. The molecule has 306 valence electrons. The van der Waals surface area contributed by atoms with Crippen molar-refractivity contribution in [1.29, 1.82) is 0 Å². The largest absolute Gasteiger partial charge is 0.455 e. The average molecular weight is 830 g/mol. The van der Waals surface area contributed by atoms with Crippen LogP contribution in [0.4, 0.5) is 17.1 Å². The summed E-state index contributed by atoms with van der Waals surface area (Å²) in [6, 6.07) is 82.1. The van der Waals surface area contributed by atoms with Crippen LogP contribution in [0.5, 0.6) is 0 Å². The Hall–Kier alpha value is -8.20. The fourth-order valence-corrected chi connectivity index (χ4v) is 11.0. The molecule has 2 nitrogen and oxygen atoms in total. The first kappa shape index (κ1) is 37.4. The average Bonchev–Trinajstić information content (AvgIpc) is 3.87. The van der Waals surface area contributed by atoms with Gasteiger partial charge < -0.3 is 9.32 Å². The highest BCUT2D eigenvalue weighted by molar-refractivity contribution is 6.20. The summed E-state index contributed by atoms with van der Waals surface area (Å²) in [6.07, 6.45) is 0. The lowest BCUT2D eigenvalue weighted by Gasteiger charge is -2.29. The molecule has 13 rings (SSSR count). The van der Waals surface area contributed by atoms with Gasteiger partial charge in [0.05, 0.1) is 5.69 Å². The van der Waals surface area contributed by atoms with Gasteiger partial charge in [0.15, 0.2) is 0 Å². The van der Waals surface area contributed by atoms with Crippen LogP contribution in [0.2, 0.25) is 0 Å². The molecular formula is C63H43NO. The van der Waals surface area contributed by atoms with E-state index >= 15 is 0 Å². The highest BCUT2D eigenvalue weighted by Gasteiger charge is 2.37. The molecule has 0 N–H and O–H groups in total. The molecular weight excluding hydrogens is 787 g/mol. The molecule has 0 radical (unpaired) electrons. The lowest BCUT2D eigenvalue weighted by atomic mass is 9.79. The molecule has 1 aliphatic rings. The van der Waals surface area contributed by atoms with Crippen molar-refractivity contribution in [2.75, 3.05) is 4.90 Å². The lowest BCUT2D eigenvalue weighted by molar-refractivity contribution is 0.662. The molecule has 12 aromatic rings. The predicted octanol–water partition coefficient (Wildman–Crippen LogP) is 17.8. The van der Waals surface area contributed by atoms with Crippen molar-refractivity contribution in [3.8, 4) is 44.5 Å². The van der Waals surface area contributed by atoms with E-state index in [-0.39, 0.29) is 5.41 Å². The van der Waals surface area contributed by atoms with Crippen molar-refractivity contribution in [3.63, 3.8) is 0 Å². The maximum Gasteiger partial charge on any atom is 0.143 e. The quantitative estimate of drug-likeness (QED) is 0.155. The van der Waals surface area contributed by atoms with Gasteiger partial charge in [-0.2, -0.15) is 0 Å². The molecule has 0 unspecified atom stereocenters. The number of benzene rings is 11. The van der Waals surface area contributed by atoms with Gasteiger partial charge in [-0.25, -0.2) is 0 Å². The Morgan fingerprint density at radius 2 is 0.923 bits per heavy atom. The van der Waals surface area contributed by atoms with Crippen LogP contribution in [0.1, 0.15) is 25.0 Å². The van der Waals surface area contributed by atoms with Gasteiger partial charge in [0.25, 0.3) is 0 Å². The van der Waals surface area contributed by atoms with Crippen molar-refractivity contribution in [2.24, 2.45) is 0 Å². The van der Waals surface area contributed by atoms with Crippen LogP contribution in [-0.2, 0) is 5.41 Å². The fourth-order valence-electron chi connectivity index (χ4n) is 11.0. The minimum atomic E-state index is -0.114. The molecule has 0 spiro atoms. The number of furan rings is 1. The minimum Gasteiger partial charge on any atom is -0.455 e. The number of para-hydroxylation sites is 1. The van der Waals surface area contributed by atoms with Crippen molar-refractivity contribution >= 4 is 71.3 Å². The molecule has 11 aromatic carbocycles. The molecule has 0 fully saturated rings. The molecule has 0 saturated heterocycles. The Morgan fingerprint density at radius 3 is 1.74 bits per heavy atom. The Balaban J connectivity index is 0.962. The second-order valence-electron chi connectivity index (χ2n) is 18.0. The number of rotatable bonds is 6. The Morgan fingerprint density at radius 1 is 0.369 bits per heavy atom. The zero-order valence-corrected chi connectivity index (χ0v) is 36.2. The summed E-state index contributed by atoms with van der Waals surface area (Å²) in [5.41, 5.74) is 17.5.